The third-order valence-electron chi connectivity index (χ3n) is 9.73. The van der Waals surface area contributed by atoms with Gasteiger partial charge in [0.15, 0.2) is 0 Å². The van der Waals surface area contributed by atoms with Crippen LogP contribution in [0.5, 0.6) is 11.6 Å². The lowest BCUT2D eigenvalue weighted by atomic mass is 10.0. The van der Waals surface area contributed by atoms with Crippen LogP contribution < -0.4 is 20.1 Å². The highest BCUT2D eigenvalue weighted by Gasteiger charge is 2.29. The van der Waals surface area contributed by atoms with Gasteiger partial charge in [-0.15, -0.1) is 0 Å². The molecule has 53 heavy (non-hydrogen) atoms. The Balaban J connectivity index is 1.16. The summed E-state index contributed by atoms with van der Waals surface area (Å²) in [4.78, 5) is 54.0. The number of carboxylic acids is 1. The second-order valence-corrected chi connectivity index (χ2v) is 13.9. The standard InChI is InChI=1S/C38H41Cl2N7O6/c1-22(48)47-15-11-26(12-16-47)42-18-23-7-8-29(45-37(23)53-3)27-9-13-41-35(34(27)40)28-5-4-6-30(33(28)39)44-36(49)31-17-32(52-2)25(19-43-31)21-46-14-10-24(20-46)38(50)51/h4-9,13,17,19,24,26,42H,10-12,14-16,18,20-21H2,1-3H3,(H,44,49)(H,50,51). The molecule has 3 N–H and O–H groups in total. The van der Waals surface area contributed by atoms with E-state index in [1.807, 2.05) is 21.9 Å². The molecule has 2 aliphatic rings. The van der Waals surface area contributed by atoms with Gasteiger partial charge in [-0.05, 0) is 44.0 Å². The van der Waals surface area contributed by atoms with Crippen molar-refractivity contribution in [3.8, 4) is 34.1 Å². The lowest BCUT2D eigenvalue weighted by molar-refractivity contribution is -0.141. The SMILES string of the molecule is COc1cc(C(=O)Nc2cccc(-c3nccc(-c4ccc(CNC5CCN(C(C)=O)CC5)c(OC)n4)c3Cl)c2Cl)ncc1CN1CCC(C(=O)O)C1. The predicted molar refractivity (Wildman–Crippen MR) is 201 cm³/mol. The Hall–Kier alpha value is -4.82. The summed E-state index contributed by atoms with van der Waals surface area (Å²) in [5, 5.41) is 16.3. The maximum absolute atomic E-state index is 13.4. The number of benzene rings is 1. The molecule has 0 bridgehead atoms. The summed E-state index contributed by atoms with van der Waals surface area (Å²) in [6.07, 6.45) is 5.54. The number of aliphatic carboxylic acids is 1. The summed E-state index contributed by atoms with van der Waals surface area (Å²) in [6.45, 7) is 5.19. The molecule has 1 aromatic carbocycles. The number of nitrogens with zero attached hydrogens (tertiary/aromatic N) is 5. The van der Waals surface area contributed by atoms with E-state index in [2.05, 4.69) is 20.6 Å². The fourth-order valence-corrected chi connectivity index (χ4v) is 7.30. The second kappa shape index (κ2) is 16.9. The first-order valence-electron chi connectivity index (χ1n) is 17.3. The number of hydrogen-bond acceptors (Lipinski definition) is 10. The Morgan fingerprint density at radius 3 is 2.43 bits per heavy atom. The lowest BCUT2D eigenvalue weighted by Gasteiger charge is -2.31. The van der Waals surface area contributed by atoms with Crippen LogP contribution in [0.4, 0.5) is 5.69 Å². The van der Waals surface area contributed by atoms with E-state index in [0.29, 0.717) is 83.5 Å². The molecule has 3 aromatic heterocycles. The first-order chi connectivity index (χ1) is 25.6. The number of methoxy groups -OCH3 is 2. The van der Waals surface area contributed by atoms with Crippen molar-refractivity contribution in [2.75, 3.05) is 45.7 Å². The second-order valence-electron chi connectivity index (χ2n) is 13.1. The van der Waals surface area contributed by atoms with Crippen molar-refractivity contribution in [1.82, 2.24) is 30.1 Å². The molecule has 0 saturated carbocycles. The molecule has 2 aliphatic heterocycles. The quantitative estimate of drug-likeness (QED) is 0.161. The summed E-state index contributed by atoms with van der Waals surface area (Å²) < 4.78 is 11.2. The molecule has 2 amide bonds. The van der Waals surface area contributed by atoms with Crippen LogP contribution in [-0.2, 0) is 22.7 Å². The molecule has 0 spiro atoms. The largest absolute Gasteiger partial charge is 0.496 e. The first kappa shape index (κ1) is 37.9. The molecule has 13 nitrogen and oxygen atoms in total. The highest BCUT2D eigenvalue weighted by Crippen LogP contribution is 2.40. The van der Waals surface area contributed by atoms with Crippen LogP contribution in [0.3, 0.4) is 0 Å². The van der Waals surface area contributed by atoms with Gasteiger partial charge in [0.1, 0.15) is 11.4 Å². The summed E-state index contributed by atoms with van der Waals surface area (Å²) in [5.41, 5.74) is 4.22. The van der Waals surface area contributed by atoms with Crippen molar-refractivity contribution in [3.05, 3.63) is 81.7 Å². The normalized spacial score (nSPS) is 16.4. The van der Waals surface area contributed by atoms with Gasteiger partial charge in [0.25, 0.3) is 5.91 Å². The first-order valence-corrected chi connectivity index (χ1v) is 18.1. The lowest BCUT2D eigenvalue weighted by Crippen LogP contribution is -2.44. The Morgan fingerprint density at radius 1 is 0.943 bits per heavy atom. The zero-order valence-electron chi connectivity index (χ0n) is 29.7. The molecule has 0 radical (unpaired) electrons. The Labute approximate surface area is 317 Å². The average molecular weight is 763 g/mol. The number of pyridine rings is 3. The summed E-state index contributed by atoms with van der Waals surface area (Å²) in [7, 11) is 3.09. The number of amides is 2. The molecule has 1 atom stereocenters. The molecule has 2 fully saturated rings. The van der Waals surface area contributed by atoms with Gasteiger partial charge in [0, 0.05) is 86.4 Å². The van der Waals surface area contributed by atoms with Crippen LogP contribution in [0.15, 0.2) is 54.9 Å². The number of carbonyl (C=O) groups is 3. The van der Waals surface area contributed by atoms with Gasteiger partial charge < -0.3 is 30.1 Å². The van der Waals surface area contributed by atoms with Crippen molar-refractivity contribution in [2.24, 2.45) is 5.92 Å². The highest BCUT2D eigenvalue weighted by molar-refractivity contribution is 6.39. The number of ether oxygens (including phenoxy) is 2. The molecular formula is C38H41Cl2N7O6. The smallest absolute Gasteiger partial charge is 0.307 e. The number of likely N-dealkylation sites (tertiary alicyclic amines) is 2. The van der Waals surface area contributed by atoms with E-state index < -0.39 is 17.8 Å². The zero-order chi connectivity index (χ0) is 37.6. The Kier molecular flexibility index (Phi) is 12.1. The van der Waals surface area contributed by atoms with Crippen molar-refractivity contribution in [3.63, 3.8) is 0 Å². The van der Waals surface area contributed by atoms with E-state index in [0.717, 1.165) is 37.1 Å². The zero-order valence-corrected chi connectivity index (χ0v) is 31.2. The van der Waals surface area contributed by atoms with Gasteiger partial charge in [0.2, 0.25) is 11.8 Å². The minimum absolute atomic E-state index is 0.107. The number of carboxylic acid groups (broad SMARTS) is 1. The van der Waals surface area contributed by atoms with Crippen LogP contribution in [0.25, 0.3) is 22.5 Å². The molecule has 0 aliphatic carbocycles. The Morgan fingerprint density at radius 2 is 1.74 bits per heavy atom. The van der Waals surface area contributed by atoms with Crippen LogP contribution in [0, 0.1) is 5.92 Å². The maximum Gasteiger partial charge on any atom is 0.307 e. The minimum Gasteiger partial charge on any atom is -0.496 e. The van der Waals surface area contributed by atoms with Gasteiger partial charge in [-0.2, -0.15) is 0 Å². The number of nitrogens with one attached hydrogen (secondary N) is 2. The molecule has 6 rings (SSSR count). The maximum atomic E-state index is 13.4. The van der Waals surface area contributed by atoms with Crippen molar-refractivity contribution < 1.29 is 29.0 Å². The van der Waals surface area contributed by atoms with Gasteiger partial charge >= 0.3 is 5.97 Å². The van der Waals surface area contributed by atoms with Crippen molar-refractivity contribution >= 4 is 46.7 Å². The number of rotatable bonds is 12. The molecule has 2 saturated heterocycles. The fraction of sp³-hybridized carbons (Fsp3) is 0.368. The molecule has 1 unspecified atom stereocenters. The van der Waals surface area contributed by atoms with Crippen LogP contribution in [0.2, 0.25) is 10.0 Å². The third kappa shape index (κ3) is 8.71. The number of halogens is 2. The van der Waals surface area contributed by atoms with Gasteiger partial charge in [0.05, 0.1) is 47.3 Å². The van der Waals surface area contributed by atoms with E-state index in [1.165, 1.54) is 7.11 Å². The van der Waals surface area contributed by atoms with E-state index in [4.69, 9.17) is 37.7 Å². The van der Waals surface area contributed by atoms with Crippen LogP contribution >= 0.6 is 23.2 Å². The summed E-state index contributed by atoms with van der Waals surface area (Å²) in [5.74, 6) is -0.656. The van der Waals surface area contributed by atoms with E-state index in [-0.39, 0.29) is 16.6 Å². The topological polar surface area (TPSA) is 159 Å². The monoisotopic (exact) mass is 761 g/mol. The van der Waals surface area contributed by atoms with Crippen LogP contribution in [-0.4, -0.2) is 94.1 Å². The van der Waals surface area contributed by atoms with Gasteiger partial charge in [-0.1, -0.05) is 41.4 Å². The molecule has 4 aromatic rings. The van der Waals surface area contributed by atoms with E-state index in [9.17, 15) is 19.5 Å². The Bertz CT molecular complexity index is 2010. The number of aromatic nitrogens is 3. The molecule has 278 valence electrons. The minimum atomic E-state index is -0.801. The average Bonchev–Trinajstić information content (AvgIpc) is 3.64. The predicted octanol–water partition coefficient (Wildman–Crippen LogP) is 5.79. The van der Waals surface area contributed by atoms with E-state index in [1.54, 1.807) is 56.8 Å². The molecular weight excluding hydrogens is 721 g/mol. The van der Waals surface area contributed by atoms with Gasteiger partial charge in [-0.3, -0.25) is 29.3 Å². The molecule has 15 heteroatoms. The number of anilines is 1. The van der Waals surface area contributed by atoms with Crippen molar-refractivity contribution in [1.29, 1.82) is 0 Å². The third-order valence-corrected chi connectivity index (χ3v) is 10.5. The summed E-state index contributed by atoms with van der Waals surface area (Å²) in [6, 6.07) is 12.6. The van der Waals surface area contributed by atoms with E-state index >= 15 is 0 Å². The van der Waals surface area contributed by atoms with Crippen LogP contribution in [0.1, 0.15) is 47.8 Å². The molecule has 5 heterocycles. The fourth-order valence-electron chi connectivity index (χ4n) is 6.73. The highest BCUT2D eigenvalue weighted by atomic mass is 35.5. The number of piperidine rings is 1. The summed E-state index contributed by atoms with van der Waals surface area (Å²) >= 11 is 13.9. The number of carbonyl (C=O) groups excluding carboxylic acids is 2. The van der Waals surface area contributed by atoms with Crippen molar-refractivity contribution in [2.45, 2.75) is 45.3 Å². The number of hydrogen-bond donors (Lipinski definition) is 3. The van der Waals surface area contributed by atoms with Gasteiger partial charge in [-0.25, -0.2) is 4.98 Å².